The van der Waals surface area contributed by atoms with Crippen LogP contribution in [0.1, 0.15) is 50.8 Å². The van der Waals surface area contributed by atoms with E-state index in [4.69, 9.17) is 10.5 Å². The Morgan fingerprint density at radius 3 is 2.90 bits per heavy atom. The minimum absolute atomic E-state index is 0.155. The molecule has 1 aromatic rings. The maximum absolute atomic E-state index is 6.18. The fourth-order valence-corrected chi connectivity index (χ4v) is 4.95. The molecule has 1 unspecified atom stereocenters. The van der Waals surface area contributed by atoms with Crippen LogP contribution >= 0.6 is 11.8 Å². The minimum atomic E-state index is 0.155. The Labute approximate surface area is 131 Å². The van der Waals surface area contributed by atoms with E-state index in [9.17, 15) is 0 Å². The van der Waals surface area contributed by atoms with Gasteiger partial charge in [-0.3, -0.25) is 0 Å². The van der Waals surface area contributed by atoms with Crippen LogP contribution in [0.15, 0.2) is 5.16 Å². The fourth-order valence-electron chi connectivity index (χ4n) is 3.61. The molecule has 0 amide bonds. The number of nitrogens with zero attached hydrogens (tertiary/aromatic N) is 3. The first-order valence-corrected chi connectivity index (χ1v) is 9.01. The summed E-state index contributed by atoms with van der Waals surface area (Å²) in [5, 5.41) is 10.2. The Morgan fingerprint density at radius 1 is 1.33 bits per heavy atom. The summed E-state index contributed by atoms with van der Waals surface area (Å²) in [6, 6.07) is 0. The molecule has 2 heterocycles. The average Bonchev–Trinajstić information content (AvgIpc) is 2.82. The maximum Gasteiger partial charge on any atom is 0.191 e. The zero-order valence-electron chi connectivity index (χ0n) is 12.9. The van der Waals surface area contributed by atoms with Crippen molar-refractivity contribution in [3.63, 3.8) is 0 Å². The molecule has 2 aliphatic rings. The highest BCUT2D eigenvalue weighted by Crippen LogP contribution is 2.43. The molecule has 1 spiro atoms. The van der Waals surface area contributed by atoms with Gasteiger partial charge >= 0.3 is 0 Å². The highest BCUT2D eigenvalue weighted by atomic mass is 32.2. The minimum Gasteiger partial charge on any atom is -0.375 e. The molecule has 1 atom stereocenters. The van der Waals surface area contributed by atoms with Crippen LogP contribution < -0.4 is 5.73 Å². The number of thioether (sulfide) groups is 1. The Balaban J connectivity index is 1.67. The summed E-state index contributed by atoms with van der Waals surface area (Å²) in [6.45, 7) is 4.32. The van der Waals surface area contributed by atoms with Gasteiger partial charge in [-0.15, -0.1) is 10.2 Å². The molecular formula is C15H26N4OS. The molecular weight excluding hydrogens is 284 g/mol. The normalized spacial score (nSPS) is 25.3. The molecule has 0 radical (unpaired) electrons. The van der Waals surface area contributed by atoms with Crippen LogP contribution in [0.25, 0.3) is 0 Å². The first kappa shape index (κ1) is 15.3. The summed E-state index contributed by atoms with van der Waals surface area (Å²) in [5.74, 6) is 0.961. The van der Waals surface area contributed by atoms with E-state index in [-0.39, 0.29) is 5.60 Å². The third-order valence-electron chi connectivity index (χ3n) is 4.74. The molecule has 0 bridgehead atoms. The number of hydrogen-bond acceptors (Lipinski definition) is 5. The quantitative estimate of drug-likeness (QED) is 0.925. The largest absolute Gasteiger partial charge is 0.375 e. The van der Waals surface area contributed by atoms with Gasteiger partial charge in [0.15, 0.2) is 5.16 Å². The third-order valence-corrected chi connectivity index (χ3v) is 5.99. The zero-order chi connectivity index (χ0) is 14.7. The van der Waals surface area contributed by atoms with Gasteiger partial charge in [0, 0.05) is 24.9 Å². The predicted molar refractivity (Wildman–Crippen MR) is 84.5 cm³/mol. The highest BCUT2D eigenvalue weighted by Gasteiger charge is 2.39. The van der Waals surface area contributed by atoms with E-state index in [1.54, 1.807) is 0 Å². The molecule has 2 fully saturated rings. The lowest BCUT2D eigenvalue weighted by atomic mass is 9.80. The molecule has 6 heteroatoms. The van der Waals surface area contributed by atoms with Crippen molar-refractivity contribution in [2.75, 3.05) is 13.2 Å². The SMILES string of the molecule is Cc1nnc(SC2CCOC3(CCCCC3)C2)n1CCN. The second-order valence-electron chi connectivity index (χ2n) is 6.29. The lowest BCUT2D eigenvalue weighted by Crippen LogP contribution is -2.42. The number of aromatic nitrogens is 3. The van der Waals surface area contributed by atoms with Crippen molar-refractivity contribution in [2.45, 2.75) is 74.4 Å². The average molecular weight is 310 g/mol. The fraction of sp³-hybridized carbons (Fsp3) is 0.867. The number of rotatable bonds is 4. The van der Waals surface area contributed by atoms with E-state index in [1.807, 2.05) is 18.7 Å². The number of hydrogen-bond donors (Lipinski definition) is 1. The Kier molecular flexibility index (Phi) is 4.86. The Morgan fingerprint density at radius 2 is 2.14 bits per heavy atom. The van der Waals surface area contributed by atoms with Gasteiger partial charge in [0.25, 0.3) is 0 Å². The van der Waals surface area contributed by atoms with Crippen molar-refractivity contribution in [3.05, 3.63) is 5.82 Å². The first-order chi connectivity index (χ1) is 10.2. The summed E-state index contributed by atoms with van der Waals surface area (Å²) in [7, 11) is 0. The highest BCUT2D eigenvalue weighted by molar-refractivity contribution is 7.99. The molecule has 1 aliphatic carbocycles. The second kappa shape index (κ2) is 6.67. The van der Waals surface area contributed by atoms with Crippen LogP contribution in [0.5, 0.6) is 0 Å². The van der Waals surface area contributed by atoms with Gasteiger partial charge in [0.2, 0.25) is 0 Å². The van der Waals surface area contributed by atoms with E-state index in [0.717, 1.165) is 37.0 Å². The molecule has 21 heavy (non-hydrogen) atoms. The summed E-state index contributed by atoms with van der Waals surface area (Å²) in [4.78, 5) is 0. The molecule has 1 saturated carbocycles. The Bertz CT molecular complexity index is 465. The summed E-state index contributed by atoms with van der Waals surface area (Å²) >= 11 is 1.87. The number of aryl methyl sites for hydroxylation is 1. The molecule has 118 valence electrons. The molecule has 5 nitrogen and oxygen atoms in total. The van der Waals surface area contributed by atoms with Gasteiger partial charge < -0.3 is 15.0 Å². The topological polar surface area (TPSA) is 66.0 Å². The van der Waals surface area contributed by atoms with Crippen LogP contribution in [0.3, 0.4) is 0 Å². The smallest absolute Gasteiger partial charge is 0.191 e. The van der Waals surface area contributed by atoms with E-state index in [0.29, 0.717) is 11.8 Å². The van der Waals surface area contributed by atoms with Crippen LogP contribution in [0.2, 0.25) is 0 Å². The van der Waals surface area contributed by atoms with Gasteiger partial charge in [-0.05, 0) is 32.6 Å². The van der Waals surface area contributed by atoms with Crippen molar-refractivity contribution < 1.29 is 4.74 Å². The predicted octanol–water partition coefficient (Wildman–Crippen LogP) is 2.52. The standard InChI is InChI=1S/C15H26N4OS/c1-12-17-18-14(19(12)9-8-16)21-13-5-10-20-15(11-13)6-3-2-4-7-15/h13H,2-11,16H2,1H3. The van der Waals surface area contributed by atoms with Gasteiger partial charge in [0.05, 0.1) is 5.60 Å². The lowest BCUT2D eigenvalue weighted by Gasteiger charge is -2.43. The van der Waals surface area contributed by atoms with Gasteiger partial charge in [-0.25, -0.2) is 0 Å². The second-order valence-corrected chi connectivity index (χ2v) is 7.56. The molecule has 0 aromatic carbocycles. The van der Waals surface area contributed by atoms with Gasteiger partial charge in [-0.1, -0.05) is 31.0 Å². The number of nitrogens with two attached hydrogens (primary N) is 1. The van der Waals surface area contributed by atoms with Gasteiger partial charge in [0.1, 0.15) is 5.82 Å². The first-order valence-electron chi connectivity index (χ1n) is 8.13. The monoisotopic (exact) mass is 310 g/mol. The molecule has 1 saturated heterocycles. The maximum atomic E-state index is 6.18. The zero-order valence-corrected chi connectivity index (χ0v) is 13.7. The molecule has 3 rings (SSSR count). The molecule has 1 aliphatic heterocycles. The van der Waals surface area contributed by atoms with Crippen LogP contribution in [0, 0.1) is 6.92 Å². The number of ether oxygens (including phenoxy) is 1. The van der Waals surface area contributed by atoms with E-state index >= 15 is 0 Å². The van der Waals surface area contributed by atoms with E-state index in [2.05, 4.69) is 14.8 Å². The molecule has 1 aromatic heterocycles. The summed E-state index contributed by atoms with van der Waals surface area (Å²) < 4.78 is 8.33. The van der Waals surface area contributed by atoms with Gasteiger partial charge in [-0.2, -0.15) is 0 Å². The van der Waals surface area contributed by atoms with Crippen LogP contribution in [0.4, 0.5) is 0 Å². The van der Waals surface area contributed by atoms with Crippen molar-refractivity contribution in [1.29, 1.82) is 0 Å². The summed E-state index contributed by atoms with van der Waals surface area (Å²) in [6.07, 6.45) is 8.75. The Hall–Kier alpha value is -0.590. The van der Waals surface area contributed by atoms with E-state index in [1.165, 1.54) is 32.1 Å². The summed E-state index contributed by atoms with van der Waals surface area (Å²) in [5.41, 5.74) is 5.85. The van der Waals surface area contributed by atoms with E-state index < -0.39 is 0 Å². The van der Waals surface area contributed by atoms with Crippen molar-refractivity contribution in [2.24, 2.45) is 5.73 Å². The van der Waals surface area contributed by atoms with Crippen molar-refractivity contribution in [1.82, 2.24) is 14.8 Å². The lowest BCUT2D eigenvalue weighted by molar-refractivity contribution is -0.0971. The van der Waals surface area contributed by atoms with Crippen LogP contribution in [-0.2, 0) is 11.3 Å². The van der Waals surface area contributed by atoms with Crippen molar-refractivity contribution in [3.8, 4) is 0 Å². The van der Waals surface area contributed by atoms with Crippen LogP contribution in [-0.4, -0.2) is 38.8 Å². The third kappa shape index (κ3) is 3.43. The molecule has 2 N–H and O–H groups in total. The van der Waals surface area contributed by atoms with Crippen molar-refractivity contribution >= 4 is 11.8 Å².